The Morgan fingerprint density at radius 2 is 0.667 bits per heavy atom. The number of nitrogens with one attached hydrogen (secondary N) is 2. The normalized spacial score (nSPS) is 16.1. The molecule has 0 radical (unpaired) electrons. The van der Waals surface area contributed by atoms with Gasteiger partial charge in [0, 0.05) is 13.1 Å². The molecule has 1 aliphatic heterocycles. The van der Waals surface area contributed by atoms with Crippen LogP contribution in [0, 0.1) is 4.91 Å². The lowest BCUT2D eigenvalue weighted by atomic mass is 10.0. The molecule has 0 aromatic rings. The van der Waals surface area contributed by atoms with Gasteiger partial charge in [0.25, 0.3) is 0 Å². The SMILES string of the molecule is CCCCCCCCCCCCN(CCCCC1NC(=O)C(CCCCN(CCCCCCCCCCCC)CC(CCCCCCCCCC)N=O)NC1=O)CC(O)CCCCCCCCCC. The third-order valence-electron chi connectivity index (χ3n) is 15.2. The van der Waals surface area contributed by atoms with Crippen LogP contribution in [-0.2, 0) is 9.59 Å². The van der Waals surface area contributed by atoms with Crippen LogP contribution < -0.4 is 10.6 Å². The van der Waals surface area contributed by atoms with Crippen LogP contribution in [0.2, 0.25) is 0 Å². The number of hydrogen-bond donors (Lipinski definition) is 3. The van der Waals surface area contributed by atoms with Crippen molar-refractivity contribution in [2.45, 2.75) is 334 Å². The van der Waals surface area contributed by atoms with Gasteiger partial charge in [-0.05, 0) is 90.4 Å². The van der Waals surface area contributed by atoms with Crippen LogP contribution in [0.5, 0.6) is 0 Å². The molecule has 0 bridgehead atoms. The zero-order valence-corrected chi connectivity index (χ0v) is 46.7. The first kappa shape index (κ1) is 65.4. The van der Waals surface area contributed by atoms with Crippen LogP contribution in [0.3, 0.4) is 0 Å². The second-order valence-electron chi connectivity index (χ2n) is 22.0. The van der Waals surface area contributed by atoms with Crippen molar-refractivity contribution in [2.75, 3.05) is 39.3 Å². The highest BCUT2D eigenvalue weighted by Crippen LogP contribution is 2.18. The maximum atomic E-state index is 13.3. The molecule has 1 saturated heterocycles. The van der Waals surface area contributed by atoms with Crippen molar-refractivity contribution in [3.05, 3.63) is 4.91 Å². The number of carbonyl (C=O) groups excluding carboxylic acids is 2. The third-order valence-corrected chi connectivity index (χ3v) is 15.2. The molecular weight excluding hydrogens is 855 g/mol. The van der Waals surface area contributed by atoms with Crippen LogP contribution in [-0.4, -0.2) is 90.2 Å². The van der Waals surface area contributed by atoms with Gasteiger partial charge in [-0.1, -0.05) is 251 Å². The second kappa shape index (κ2) is 50.0. The van der Waals surface area contributed by atoms with Crippen LogP contribution in [0.15, 0.2) is 5.18 Å². The number of amides is 2. The van der Waals surface area contributed by atoms with E-state index in [1.807, 2.05) is 0 Å². The van der Waals surface area contributed by atoms with E-state index in [9.17, 15) is 19.6 Å². The molecule has 4 unspecified atom stereocenters. The molecule has 9 nitrogen and oxygen atoms in total. The third kappa shape index (κ3) is 40.6. The van der Waals surface area contributed by atoms with Crippen molar-refractivity contribution in [1.82, 2.24) is 20.4 Å². The summed E-state index contributed by atoms with van der Waals surface area (Å²) in [5, 5.41) is 20.8. The first-order valence-corrected chi connectivity index (χ1v) is 30.9. The number of nitroso groups, excluding NO2 is 1. The standard InChI is InChI=1S/C60H119N5O4/c1-5-9-13-17-21-25-27-31-35-41-49-64(53-55(63-69)45-37-33-29-23-19-15-11-7-3)51-43-39-47-57-59(67)62-58(60(68)61-57)48-40-44-52-65(50-42-36-32-28-26-22-18-14-10-6-2)54-56(66)46-38-34-30-24-20-16-12-8-4/h55-58,66H,5-54H2,1-4H3,(H,61,68)(H,62,67). The molecule has 4 atom stereocenters. The van der Waals surface area contributed by atoms with Gasteiger partial charge in [-0.2, -0.15) is 4.91 Å². The van der Waals surface area contributed by atoms with E-state index >= 15 is 0 Å². The minimum atomic E-state index is -0.477. The van der Waals surface area contributed by atoms with Gasteiger partial charge in [-0.25, -0.2) is 0 Å². The second-order valence-corrected chi connectivity index (χ2v) is 22.0. The molecule has 0 aromatic heterocycles. The van der Waals surface area contributed by atoms with Crippen LogP contribution >= 0.6 is 0 Å². The van der Waals surface area contributed by atoms with E-state index < -0.39 is 12.1 Å². The largest absolute Gasteiger partial charge is 0.392 e. The van der Waals surface area contributed by atoms with E-state index in [-0.39, 0.29) is 24.0 Å². The maximum Gasteiger partial charge on any atom is 0.243 e. The van der Waals surface area contributed by atoms with Crippen molar-refractivity contribution < 1.29 is 14.7 Å². The van der Waals surface area contributed by atoms with E-state index in [2.05, 4.69) is 53.3 Å². The van der Waals surface area contributed by atoms with Crippen LogP contribution in [0.4, 0.5) is 0 Å². The Kier molecular flexibility index (Phi) is 47.4. The molecule has 1 aliphatic rings. The molecule has 1 heterocycles. The summed E-state index contributed by atoms with van der Waals surface area (Å²) in [7, 11) is 0. The lowest BCUT2D eigenvalue weighted by Gasteiger charge is -2.30. The topological polar surface area (TPSA) is 114 Å². The molecule has 0 saturated carbocycles. The summed E-state index contributed by atoms with van der Waals surface area (Å²) in [6, 6.07) is -1.10. The van der Waals surface area contributed by atoms with Crippen molar-refractivity contribution >= 4 is 11.8 Å². The Bertz CT molecular complexity index is 1130. The lowest BCUT2D eigenvalue weighted by Crippen LogP contribution is -2.61. The minimum Gasteiger partial charge on any atom is -0.392 e. The molecule has 2 amide bonds. The number of piperazine rings is 1. The molecule has 69 heavy (non-hydrogen) atoms. The van der Waals surface area contributed by atoms with E-state index in [4.69, 9.17) is 0 Å². The van der Waals surface area contributed by atoms with Gasteiger partial charge in [0.05, 0.1) is 6.10 Å². The van der Waals surface area contributed by atoms with Gasteiger partial charge in [-0.3, -0.25) is 9.59 Å². The van der Waals surface area contributed by atoms with Gasteiger partial charge in [0.15, 0.2) is 0 Å². The van der Waals surface area contributed by atoms with E-state index in [0.29, 0.717) is 12.8 Å². The van der Waals surface area contributed by atoms with Gasteiger partial charge in [0.2, 0.25) is 11.8 Å². The fourth-order valence-corrected chi connectivity index (χ4v) is 10.6. The summed E-state index contributed by atoms with van der Waals surface area (Å²) in [6.07, 6.45) is 53.1. The summed E-state index contributed by atoms with van der Waals surface area (Å²) in [4.78, 5) is 43.5. The van der Waals surface area contributed by atoms with Crippen LogP contribution in [0.25, 0.3) is 0 Å². The molecule has 3 N–H and O–H groups in total. The number of nitrogens with zero attached hydrogens (tertiary/aromatic N) is 3. The monoisotopic (exact) mass is 974 g/mol. The average Bonchev–Trinajstić information content (AvgIpc) is 3.34. The van der Waals surface area contributed by atoms with Crippen molar-refractivity contribution in [2.24, 2.45) is 5.18 Å². The minimum absolute atomic E-state index is 0.0500. The van der Waals surface area contributed by atoms with E-state index in [0.717, 1.165) is 97.1 Å². The maximum absolute atomic E-state index is 13.3. The molecule has 408 valence electrons. The van der Waals surface area contributed by atoms with Crippen molar-refractivity contribution in [3.63, 3.8) is 0 Å². The fraction of sp³-hybridized carbons (Fsp3) is 0.967. The Hall–Kier alpha value is -1.58. The number of rotatable bonds is 55. The molecule has 9 heteroatoms. The van der Waals surface area contributed by atoms with E-state index in [1.165, 1.54) is 212 Å². The Morgan fingerprint density at radius 1 is 0.391 bits per heavy atom. The number of carbonyl (C=O) groups is 2. The zero-order valence-electron chi connectivity index (χ0n) is 46.7. The van der Waals surface area contributed by atoms with Gasteiger partial charge < -0.3 is 25.5 Å². The van der Waals surface area contributed by atoms with Gasteiger partial charge >= 0.3 is 0 Å². The smallest absolute Gasteiger partial charge is 0.243 e. The zero-order chi connectivity index (χ0) is 50.1. The number of hydrogen-bond acceptors (Lipinski definition) is 7. The van der Waals surface area contributed by atoms with Crippen molar-refractivity contribution in [3.8, 4) is 0 Å². The predicted molar refractivity (Wildman–Crippen MR) is 298 cm³/mol. The van der Waals surface area contributed by atoms with Gasteiger partial charge in [0.1, 0.15) is 18.1 Å². The Labute approximate surface area is 429 Å². The predicted octanol–water partition coefficient (Wildman–Crippen LogP) is 16.3. The first-order chi connectivity index (χ1) is 33.9. The molecule has 1 rings (SSSR count). The summed E-state index contributed by atoms with van der Waals surface area (Å²) in [5.74, 6) is -0.102. The molecule has 1 fully saturated rings. The Morgan fingerprint density at radius 3 is 1.00 bits per heavy atom. The number of unbranched alkanes of at least 4 members (excludes halogenated alkanes) is 34. The highest BCUT2D eigenvalue weighted by Gasteiger charge is 2.33. The van der Waals surface area contributed by atoms with Crippen molar-refractivity contribution in [1.29, 1.82) is 0 Å². The number of aliphatic hydroxyl groups excluding tert-OH is 1. The highest BCUT2D eigenvalue weighted by atomic mass is 16.3. The summed E-state index contributed by atoms with van der Waals surface area (Å²) >= 11 is 0. The summed E-state index contributed by atoms with van der Waals surface area (Å²) in [5.41, 5.74) is 0. The summed E-state index contributed by atoms with van der Waals surface area (Å²) in [6.45, 7) is 14.4. The molecule has 0 aliphatic carbocycles. The quantitative estimate of drug-likeness (QED) is 0.0413. The molecule has 0 spiro atoms. The summed E-state index contributed by atoms with van der Waals surface area (Å²) < 4.78 is 0. The fourth-order valence-electron chi connectivity index (χ4n) is 10.6. The molecular formula is C60H119N5O4. The number of aliphatic hydroxyl groups is 1. The molecule has 0 aromatic carbocycles. The first-order valence-electron chi connectivity index (χ1n) is 30.9. The highest BCUT2D eigenvalue weighted by molar-refractivity contribution is 5.96. The van der Waals surface area contributed by atoms with E-state index in [1.54, 1.807) is 0 Å². The average molecular weight is 975 g/mol. The van der Waals surface area contributed by atoms with Crippen LogP contribution in [0.1, 0.15) is 310 Å². The lowest BCUT2D eigenvalue weighted by molar-refractivity contribution is -0.137. The Balaban J connectivity index is 2.55. The van der Waals surface area contributed by atoms with Gasteiger partial charge in [-0.15, -0.1) is 0 Å².